The van der Waals surface area contributed by atoms with Crippen LogP contribution >= 0.6 is 22.6 Å². The second kappa shape index (κ2) is 4.41. The molecular weight excluding hydrogens is 337 g/mol. The van der Waals surface area contributed by atoms with Gasteiger partial charge in [-0.2, -0.15) is 0 Å². The predicted octanol–water partition coefficient (Wildman–Crippen LogP) is 1.35. The molecule has 0 aromatic carbocycles. The van der Waals surface area contributed by atoms with Crippen LogP contribution in [0.3, 0.4) is 0 Å². The number of carbonyl (C=O) groups is 1. The van der Waals surface area contributed by atoms with Crippen molar-refractivity contribution in [1.29, 1.82) is 0 Å². The van der Waals surface area contributed by atoms with Gasteiger partial charge in [0.2, 0.25) is 5.88 Å². The highest BCUT2D eigenvalue weighted by Gasteiger charge is 2.44. The van der Waals surface area contributed by atoms with Gasteiger partial charge in [0.25, 0.3) is 0 Å². The normalized spacial score (nSPS) is 22.9. The Hall–Kier alpha value is -0.890. The molecule has 1 aliphatic heterocycles. The second-order valence-corrected chi connectivity index (χ2v) is 4.88. The Kier molecular flexibility index (Phi) is 3.26. The highest BCUT2D eigenvalue weighted by molar-refractivity contribution is 14.1. The molecule has 0 amide bonds. The quantitative estimate of drug-likeness (QED) is 0.496. The van der Waals surface area contributed by atoms with E-state index in [1.165, 1.54) is 7.11 Å². The molecule has 0 unspecified atom stereocenters. The first-order valence-electron chi connectivity index (χ1n) is 5.16. The molecule has 1 atom stereocenters. The smallest absolute Gasteiger partial charge is 0.343 e. The number of hydrogen-bond acceptors (Lipinski definition) is 5. The highest BCUT2D eigenvalue weighted by Crippen LogP contribution is 2.38. The maximum absolute atomic E-state index is 11.7. The van der Waals surface area contributed by atoms with E-state index in [9.17, 15) is 9.90 Å². The number of fused-ring (bicyclic) bond motifs is 1. The van der Waals surface area contributed by atoms with E-state index in [2.05, 4.69) is 4.98 Å². The first-order valence-corrected chi connectivity index (χ1v) is 6.24. The summed E-state index contributed by atoms with van der Waals surface area (Å²) in [5.41, 5.74) is -0.423. The number of esters is 1. The Bertz CT molecular complexity index is 477. The molecule has 2 rings (SSSR count). The van der Waals surface area contributed by atoms with Gasteiger partial charge in [-0.05, 0) is 35.1 Å². The molecule has 6 heteroatoms. The Balaban J connectivity index is 2.68. The van der Waals surface area contributed by atoms with Gasteiger partial charge in [0.15, 0.2) is 5.60 Å². The number of rotatable bonds is 2. The lowest BCUT2D eigenvalue weighted by Gasteiger charge is -2.32. The average molecular weight is 349 g/mol. The monoisotopic (exact) mass is 349 g/mol. The summed E-state index contributed by atoms with van der Waals surface area (Å²) in [7, 11) is 1.50. The number of nitrogens with zero attached hydrogens (tertiary/aromatic N) is 1. The number of halogens is 1. The lowest BCUT2D eigenvalue weighted by Crippen LogP contribution is -2.41. The molecular formula is C11H12INO4. The molecule has 0 fully saturated rings. The van der Waals surface area contributed by atoms with Crippen molar-refractivity contribution in [3.63, 3.8) is 0 Å². The van der Waals surface area contributed by atoms with Crippen LogP contribution in [-0.4, -0.2) is 23.2 Å². The Morgan fingerprint density at radius 2 is 2.41 bits per heavy atom. The molecule has 17 heavy (non-hydrogen) atoms. The molecule has 92 valence electrons. The molecule has 0 aliphatic carbocycles. The minimum absolute atomic E-state index is 0.0869. The molecule has 0 spiro atoms. The van der Waals surface area contributed by atoms with Crippen LogP contribution in [0, 0.1) is 3.70 Å². The minimum Gasteiger partial charge on any atom is -0.481 e. The van der Waals surface area contributed by atoms with Gasteiger partial charge >= 0.3 is 5.97 Å². The zero-order valence-electron chi connectivity index (χ0n) is 9.49. The van der Waals surface area contributed by atoms with Crippen molar-refractivity contribution >= 4 is 28.6 Å². The molecule has 1 aromatic rings. The van der Waals surface area contributed by atoms with E-state index in [0.29, 0.717) is 20.7 Å². The summed E-state index contributed by atoms with van der Waals surface area (Å²) < 4.78 is 10.8. The second-order valence-electron chi connectivity index (χ2n) is 3.77. The van der Waals surface area contributed by atoms with Crippen molar-refractivity contribution in [1.82, 2.24) is 4.98 Å². The summed E-state index contributed by atoms with van der Waals surface area (Å²) in [5.74, 6) is -0.220. The van der Waals surface area contributed by atoms with E-state index < -0.39 is 11.6 Å². The number of cyclic esters (lactones) is 1. The van der Waals surface area contributed by atoms with Gasteiger partial charge in [-0.25, -0.2) is 9.78 Å². The molecule has 1 aromatic heterocycles. The van der Waals surface area contributed by atoms with Crippen molar-refractivity contribution in [3.05, 3.63) is 20.9 Å². The summed E-state index contributed by atoms with van der Waals surface area (Å²) in [5, 5.41) is 10.4. The van der Waals surface area contributed by atoms with Crippen LogP contribution in [0.2, 0.25) is 0 Å². The molecule has 5 nitrogen and oxygen atoms in total. The minimum atomic E-state index is -1.59. The fraction of sp³-hybridized carbons (Fsp3) is 0.455. The summed E-state index contributed by atoms with van der Waals surface area (Å²) >= 11 is 2.02. The summed E-state index contributed by atoms with van der Waals surface area (Å²) in [6.07, 6.45) is 0.252. The Morgan fingerprint density at radius 3 is 3.00 bits per heavy atom. The predicted molar refractivity (Wildman–Crippen MR) is 67.5 cm³/mol. The molecule has 1 N–H and O–H groups in total. The molecule has 0 radical (unpaired) electrons. The van der Waals surface area contributed by atoms with E-state index in [0.717, 1.165) is 0 Å². The maximum Gasteiger partial charge on any atom is 0.343 e. The summed E-state index contributed by atoms with van der Waals surface area (Å²) in [4.78, 5) is 15.9. The third kappa shape index (κ3) is 1.89. The summed E-state index contributed by atoms with van der Waals surface area (Å²) in [6, 6.07) is 1.70. The number of aromatic nitrogens is 1. The number of methoxy groups -OCH3 is 1. The fourth-order valence-electron chi connectivity index (χ4n) is 1.90. The van der Waals surface area contributed by atoms with E-state index in [1.807, 2.05) is 22.6 Å². The Morgan fingerprint density at radius 1 is 1.71 bits per heavy atom. The maximum atomic E-state index is 11.7. The van der Waals surface area contributed by atoms with Gasteiger partial charge in [0.1, 0.15) is 10.3 Å². The van der Waals surface area contributed by atoms with Gasteiger partial charge in [-0.1, -0.05) is 6.92 Å². The number of ether oxygens (including phenoxy) is 2. The number of hydrogen-bond donors (Lipinski definition) is 1. The zero-order valence-corrected chi connectivity index (χ0v) is 11.6. The van der Waals surface area contributed by atoms with Crippen LogP contribution in [0.15, 0.2) is 6.07 Å². The van der Waals surface area contributed by atoms with Crippen molar-refractivity contribution in [2.24, 2.45) is 0 Å². The van der Waals surface area contributed by atoms with Crippen LogP contribution in [0.1, 0.15) is 24.5 Å². The largest absolute Gasteiger partial charge is 0.481 e. The third-order valence-electron chi connectivity index (χ3n) is 2.89. The lowest BCUT2D eigenvalue weighted by molar-refractivity contribution is -0.172. The van der Waals surface area contributed by atoms with Crippen molar-refractivity contribution in [3.8, 4) is 5.88 Å². The van der Waals surface area contributed by atoms with Crippen LogP contribution < -0.4 is 4.74 Å². The van der Waals surface area contributed by atoms with Gasteiger partial charge < -0.3 is 14.6 Å². The number of carbonyl (C=O) groups excluding carboxylic acids is 1. The lowest BCUT2D eigenvalue weighted by atomic mass is 9.87. The van der Waals surface area contributed by atoms with E-state index in [1.54, 1.807) is 13.0 Å². The first-order chi connectivity index (χ1) is 8.02. The number of aliphatic hydroxyl groups is 1. The molecule has 1 aliphatic rings. The third-order valence-corrected chi connectivity index (χ3v) is 3.44. The van der Waals surface area contributed by atoms with E-state index in [4.69, 9.17) is 9.47 Å². The summed E-state index contributed by atoms with van der Waals surface area (Å²) in [6.45, 7) is 1.82. The SMILES string of the molecule is CC[C@@]1(O)C(=O)OCc2c1cc(I)nc2OC. The van der Waals surface area contributed by atoms with E-state index >= 15 is 0 Å². The highest BCUT2D eigenvalue weighted by atomic mass is 127. The average Bonchev–Trinajstić information content (AvgIpc) is 2.33. The van der Waals surface area contributed by atoms with Crippen molar-refractivity contribution in [2.45, 2.75) is 25.6 Å². The van der Waals surface area contributed by atoms with Gasteiger partial charge in [-0.3, -0.25) is 0 Å². The van der Waals surface area contributed by atoms with Crippen LogP contribution in [0.25, 0.3) is 0 Å². The van der Waals surface area contributed by atoms with Gasteiger partial charge in [-0.15, -0.1) is 0 Å². The van der Waals surface area contributed by atoms with Crippen molar-refractivity contribution in [2.75, 3.05) is 7.11 Å². The molecule has 0 saturated heterocycles. The van der Waals surface area contributed by atoms with Crippen molar-refractivity contribution < 1.29 is 19.4 Å². The topological polar surface area (TPSA) is 68.7 Å². The zero-order chi connectivity index (χ0) is 12.6. The number of pyridine rings is 1. The first kappa shape index (κ1) is 12.6. The van der Waals surface area contributed by atoms with Crippen LogP contribution in [0.5, 0.6) is 5.88 Å². The van der Waals surface area contributed by atoms with Gasteiger partial charge in [0, 0.05) is 5.56 Å². The van der Waals surface area contributed by atoms with E-state index in [-0.39, 0.29) is 13.0 Å². The standard InChI is InChI=1S/C11H12INO4/c1-3-11(15)7-4-8(12)13-9(16-2)6(7)5-17-10(11)14/h4,15H,3,5H2,1-2H3/t11-/m0/s1. The molecule has 2 heterocycles. The van der Waals surface area contributed by atoms with Crippen LogP contribution in [0.4, 0.5) is 0 Å². The Labute approximate surface area is 112 Å². The van der Waals surface area contributed by atoms with Crippen LogP contribution in [-0.2, 0) is 21.7 Å². The van der Waals surface area contributed by atoms with Gasteiger partial charge in [0.05, 0.1) is 12.7 Å². The molecule has 0 saturated carbocycles. The fourth-order valence-corrected chi connectivity index (χ4v) is 2.43. The molecule has 0 bridgehead atoms.